The summed E-state index contributed by atoms with van der Waals surface area (Å²) in [5, 5.41) is 0. The highest BCUT2D eigenvalue weighted by Crippen LogP contribution is 2.49. The second-order valence-electron chi connectivity index (χ2n) is 7.39. The molecule has 1 aromatic rings. The maximum Gasteiger partial charge on any atom is 0.0529 e. The molecule has 1 atom stereocenters. The molecule has 1 saturated carbocycles. The molecule has 2 heteroatoms. The molecule has 0 aromatic heterocycles. The summed E-state index contributed by atoms with van der Waals surface area (Å²) < 4.78 is 0. The zero-order chi connectivity index (χ0) is 14.3. The lowest BCUT2D eigenvalue weighted by Crippen LogP contribution is -2.64. The van der Waals surface area contributed by atoms with E-state index in [-0.39, 0.29) is 5.54 Å². The van der Waals surface area contributed by atoms with Gasteiger partial charge in [-0.3, -0.25) is 0 Å². The molecule has 1 fully saturated rings. The summed E-state index contributed by atoms with van der Waals surface area (Å²) in [5.41, 5.74) is 9.39. The van der Waals surface area contributed by atoms with E-state index >= 15 is 0 Å². The molecule has 0 amide bonds. The first-order valence-corrected chi connectivity index (χ1v) is 8.11. The fraction of sp³-hybridized carbons (Fsp3) is 0.667. The predicted molar refractivity (Wildman–Crippen MR) is 86.0 cm³/mol. The van der Waals surface area contributed by atoms with Crippen molar-refractivity contribution in [3.63, 3.8) is 0 Å². The minimum atomic E-state index is 0.222. The van der Waals surface area contributed by atoms with Crippen LogP contribution >= 0.6 is 0 Å². The van der Waals surface area contributed by atoms with E-state index in [9.17, 15) is 0 Å². The van der Waals surface area contributed by atoms with E-state index in [4.69, 9.17) is 5.73 Å². The molecule has 0 spiro atoms. The lowest BCUT2D eigenvalue weighted by molar-refractivity contribution is 0.0981. The SMILES string of the molecule is CC1Cc2ccccc2N(C2(CN)CC(C(C)C)C2)C1. The normalized spacial score (nSPS) is 33.0. The number of hydrogen-bond acceptors (Lipinski definition) is 2. The lowest BCUT2D eigenvalue weighted by Gasteiger charge is -2.58. The van der Waals surface area contributed by atoms with E-state index in [0.717, 1.165) is 24.3 Å². The molecule has 110 valence electrons. The smallest absolute Gasteiger partial charge is 0.0529 e. The molecule has 0 radical (unpaired) electrons. The molecule has 2 N–H and O–H groups in total. The highest BCUT2D eigenvalue weighted by Gasteiger charge is 2.49. The van der Waals surface area contributed by atoms with Crippen LogP contribution in [0, 0.1) is 17.8 Å². The third kappa shape index (κ3) is 2.14. The highest BCUT2D eigenvalue weighted by molar-refractivity contribution is 5.58. The van der Waals surface area contributed by atoms with E-state index < -0.39 is 0 Å². The number of fused-ring (bicyclic) bond motifs is 1. The molecule has 1 unspecified atom stereocenters. The Balaban J connectivity index is 1.90. The Morgan fingerprint density at radius 3 is 2.65 bits per heavy atom. The first kappa shape index (κ1) is 13.9. The number of rotatable bonds is 3. The molecular formula is C18H28N2. The summed E-state index contributed by atoms with van der Waals surface area (Å²) in [6.45, 7) is 9.01. The van der Waals surface area contributed by atoms with Crippen molar-refractivity contribution in [2.45, 2.75) is 45.6 Å². The van der Waals surface area contributed by atoms with Crippen molar-refractivity contribution in [2.24, 2.45) is 23.5 Å². The zero-order valence-corrected chi connectivity index (χ0v) is 13.1. The van der Waals surface area contributed by atoms with Crippen LogP contribution in [0.3, 0.4) is 0 Å². The van der Waals surface area contributed by atoms with Crippen LogP contribution in [0.25, 0.3) is 0 Å². The Hall–Kier alpha value is -1.02. The van der Waals surface area contributed by atoms with Gasteiger partial charge in [-0.15, -0.1) is 0 Å². The van der Waals surface area contributed by atoms with Gasteiger partial charge in [-0.1, -0.05) is 39.0 Å². The van der Waals surface area contributed by atoms with Gasteiger partial charge in [0.05, 0.1) is 5.54 Å². The number of benzene rings is 1. The van der Waals surface area contributed by atoms with E-state index in [1.54, 1.807) is 0 Å². The zero-order valence-electron chi connectivity index (χ0n) is 13.1. The molecular weight excluding hydrogens is 244 g/mol. The molecule has 1 heterocycles. The molecule has 0 saturated heterocycles. The third-order valence-electron chi connectivity index (χ3n) is 5.52. The maximum atomic E-state index is 6.22. The first-order chi connectivity index (χ1) is 9.55. The molecule has 1 aliphatic heterocycles. The number of para-hydroxylation sites is 1. The topological polar surface area (TPSA) is 29.3 Å². The van der Waals surface area contributed by atoms with Crippen molar-refractivity contribution >= 4 is 5.69 Å². The maximum absolute atomic E-state index is 6.22. The van der Waals surface area contributed by atoms with E-state index in [1.807, 2.05) is 0 Å². The number of nitrogens with two attached hydrogens (primary N) is 1. The van der Waals surface area contributed by atoms with E-state index in [0.29, 0.717) is 0 Å². The van der Waals surface area contributed by atoms with Gasteiger partial charge in [0.2, 0.25) is 0 Å². The van der Waals surface area contributed by atoms with Crippen molar-refractivity contribution in [3.05, 3.63) is 29.8 Å². The third-order valence-corrected chi connectivity index (χ3v) is 5.52. The van der Waals surface area contributed by atoms with Crippen molar-refractivity contribution in [1.82, 2.24) is 0 Å². The second kappa shape index (κ2) is 5.07. The summed E-state index contributed by atoms with van der Waals surface area (Å²) in [6.07, 6.45) is 3.74. The molecule has 1 aromatic carbocycles. The molecule has 0 bridgehead atoms. The van der Waals surface area contributed by atoms with E-state index in [1.165, 1.54) is 37.1 Å². The average Bonchev–Trinajstić information content (AvgIpc) is 2.37. The van der Waals surface area contributed by atoms with Crippen LogP contribution in [0.2, 0.25) is 0 Å². The van der Waals surface area contributed by atoms with Gasteiger partial charge < -0.3 is 10.6 Å². The van der Waals surface area contributed by atoms with E-state index in [2.05, 4.69) is 49.9 Å². The Morgan fingerprint density at radius 1 is 1.30 bits per heavy atom. The predicted octanol–water partition coefficient (Wildman–Crippen LogP) is 3.45. The Labute approximate surface area is 123 Å². The van der Waals surface area contributed by atoms with Crippen molar-refractivity contribution in [3.8, 4) is 0 Å². The number of nitrogens with zero attached hydrogens (tertiary/aromatic N) is 1. The fourth-order valence-electron chi connectivity index (χ4n) is 4.13. The monoisotopic (exact) mass is 272 g/mol. The van der Waals surface area contributed by atoms with Gasteiger partial charge >= 0.3 is 0 Å². The Morgan fingerprint density at radius 2 is 2.00 bits per heavy atom. The van der Waals surface area contributed by atoms with Crippen LogP contribution in [0.15, 0.2) is 24.3 Å². The summed E-state index contributed by atoms with van der Waals surface area (Å²) in [7, 11) is 0. The van der Waals surface area contributed by atoms with Crippen LogP contribution in [-0.4, -0.2) is 18.6 Å². The largest absolute Gasteiger partial charge is 0.364 e. The fourth-order valence-corrected chi connectivity index (χ4v) is 4.13. The van der Waals surface area contributed by atoms with Gasteiger partial charge in [-0.2, -0.15) is 0 Å². The Kier molecular flexibility index (Phi) is 3.53. The summed E-state index contributed by atoms with van der Waals surface area (Å²) >= 11 is 0. The van der Waals surface area contributed by atoms with Gasteiger partial charge in [0, 0.05) is 18.8 Å². The van der Waals surface area contributed by atoms with Crippen LogP contribution < -0.4 is 10.6 Å². The van der Waals surface area contributed by atoms with Gasteiger partial charge in [0.25, 0.3) is 0 Å². The van der Waals surface area contributed by atoms with Gasteiger partial charge in [0.1, 0.15) is 0 Å². The molecule has 20 heavy (non-hydrogen) atoms. The van der Waals surface area contributed by atoms with Crippen molar-refractivity contribution in [1.29, 1.82) is 0 Å². The lowest BCUT2D eigenvalue weighted by atomic mass is 9.62. The summed E-state index contributed by atoms with van der Waals surface area (Å²) in [4.78, 5) is 2.65. The quantitative estimate of drug-likeness (QED) is 0.913. The minimum Gasteiger partial charge on any atom is -0.364 e. The van der Waals surface area contributed by atoms with Gasteiger partial charge in [-0.05, 0) is 48.6 Å². The number of hydrogen-bond donors (Lipinski definition) is 1. The van der Waals surface area contributed by atoms with Crippen LogP contribution in [0.4, 0.5) is 5.69 Å². The van der Waals surface area contributed by atoms with Crippen LogP contribution in [0.1, 0.15) is 39.2 Å². The minimum absolute atomic E-state index is 0.222. The molecule has 1 aliphatic carbocycles. The molecule has 2 nitrogen and oxygen atoms in total. The Bertz CT molecular complexity index is 474. The highest BCUT2D eigenvalue weighted by atomic mass is 15.2. The van der Waals surface area contributed by atoms with Crippen molar-refractivity contribution < 1.29 is 0 Å². The first-order valence-electron chi connectivity index (χ1n) is 8.11. The standard InChI is InChI=1S/C18H28N2/c1-13(2)16-9-18(10-16,12-19)20-11-14(3)8-15-6-4-5-7-17(15)20/h4-7,13-14,16H,8-12,19H2,1-3H3. The van der Waals surface area contributed by atoms with Gasteiger partial charge in [-0.25, -0.2) is 0 Å². The summed E-state index contributed by atoms with van der Waals surface area (Å²) in [6, 6.07) is 8.93. The average molecular weight is 272 g/mol. The van der Waals surface area contributed by atoms with Crippen LogP contribution in [0.5, 0.6) is 0 Å². The molecule has 3 rings (SSSR count). The van der Waals surface area contributed by atoms with Gasteiger partial charge in [0.15, 0.2) is 0 Å². The van der Waals surface area contributed by atoms with Crippen molar-refractivity contribution in [2.75, 3.05) is 18.0 Å². The molecule has 2 aliphatic rings. The van der Waals surface area contributed by atoms with Crippen LogP contribution in [-0.2, 0) is 6.42 Å². The number of anilines is 1. The second-order valence-corrected chi connectivity index (χ2v) is 7.39. The summed E-state index contributed by atoms with van der Waals surface area (Å²) in [5.74, 6) is 2.36.